The number of carbonyl (C=O) groups is 1. The van der Waals surface area contributed by atoms with Crippen LogP contribution < -0.4 is 5.32 Å². The molecule has 3 heterocycles. The predicted octanol–water partition coefficient (Wildman–Crippen LogP) is 4.40. The second kappa shape index (κ2) is 7.08. The third-order valence-corrected chi connectivity index (χ3v) is 6.64. The number of fused-ring (bicyclic) bond motifs is 1. The molecule has 4 rings (SSSR count). The molecule has 1 aromatic carbocycles. The maximum atomic E-state index is 12.8. The summed E-state index contributed by atoms with van der Waals surface area (Å²) in [6.45, 7) is 0.617. The first kappa shape index (κ1) is 18.2. The minimum absolute atomic E-state index is 0.00649. The minimum Gasteiger partial charge on any atom is -0.351 e. The van der Waals surface area contributed by atoms with E-state index in [-0.39, 0.29) is 5.91 Å². The zero-order chi connectivity index (χ0) is 19.0. The molecule has 1 amide bonds. The number of thiophene rings is 1. The van der Waals surface area contributed by atoms with Crippen LogP contribution in [0.4, 0.5) is 0 Å². The summed E-state index contributed by atoms with van der Waals surface area (Å²) in [5.74, 6) is -0.00649. The molecule has 0 saturated carbocycles. The fourth-order valence-corrected chi connectivity index (χ4v) is 5.12. The lowest BCUT2D eigenvalue weighted by Crippen LogP contribution is -2.43. The molecule has 0 fully saturated rings. The lowest BCUT2D eigenvalue weighted by molar-refractivity contribution is 0.0959. The van der Waals surface area contributed by atoms with Gasteiger partial charge >= 0.3 is 0 Å². The number of hydrogen-bond acceptors (Lipinski definition) is 4. The molecule has 4 nitrogen and oxygen atoms in total. The topological polar surface area (TPSA) is 45.2 Å². The Morgan fingerprint density at radius 2 is 1.85 bits per heavy atom. The number of nitrogens with one attached hydrogen (secondary N) is 1. The zero-order valence-corrected chi connectivity index (χ0v) is 16.8. The highest BCUT2D eigenvalue weighted by atomic mass is 35.5. The van der Waals surface area contributed by atoms with Crippen LogP contribution in [0.25, 0.3) is 10.4 Å². The van der Waals surface area contributed by atoms with Crippen molar-refractivity contribution in [3.05, 3.63) is 75.9 Å². The van der Waals surface area contributed by atoms with E-state index >= 15 is 0 Å². The Morgan fingerprint density at radius 3 is 2.52 bits per heavy atom. The smallest absolute Gasteiger partial charge is 0.261 e. The summed E-state index contributed by atoms with van der Waals surface area (Å²) in [5.41, 5.74) is 2.84. The van der Waals surface area contributed by atoms with Gasteiger partial charge in [-0.2, -0.15) is 0 Å². The second-order valence-electron chi connectivity index (χ2n) is 6.86. The van der Waals surface area contributed by atoms with Crippen molar-refractivity contribution < 1.29 is 4.79 Å². The Bertz CT molecular complexity index is 969. The fraction of sp³-hybridized carbons (Fsp3) is 0.238. The number of rotatable bonds is 3. The second-order valence-corrected chi connectivity index (χ2v) is 8.35. The first-order chi connectivity index (χ1) is 13.0. The lowest BCUT2D eigenvalue weighted by atomic mass is 9.79. The SMILES string of the molecule is CN(C)C1(c2ccc(Cl)cc2)CCNC(=O)c2sc(-c3ccncc3)cc21. The largest absolute Gasteiger partial charge is 0.351 e. The van der Waals surface area contributed by atoms with Gasteiger partial charge in [-0.15, -0.1) is 11.3 Å². The molecule has 6 heteroatoms. The van der Waals surface area contributed by atoms with E-state index in [0.717, 1.165) is 32.9 Å². The van der Waals surface area contributed by atoms with Crippen LogP contribution in [0.2, 0.25) is 5.02 Å². The number of pyridine rings is 1. The van der Waals surface area contributed by atoms with Crippen LogP contribution >= 0.6 is 22.9 Å². The van der Waals surface area contributed by atoms with E-state index in [2.05, 4.69) is 47.5 Å². The maximum Gasteiger partial charge on any atom is 0.261 e. The lowest BCUT2D eigenvalue weighted by Gasteiger charge is -2.40. The third-order valence-electron chi connectivity index (χ3n) is 5.21. The molecule has 1 unspecified atom stereocenters. The van der Waals surface area contributed by atoms with Gasteiger partial charge < -0.3 is 5.32 Å². The maximum absolute atomic E-state index is 12.8. The monoisotopic (exact) mass is 397 g/mol. The van der Waals surface area contributed by atoms with Gasteiger partial charge in [-0.05, 0) is 62.0 Å². The summed E-state index contributed by atoms with van der Waals surface area (Å²) in [6.07, 6.45) is 4.34. The van der Waals surface area contributed by atoms with Crippen LogP contribution in [0.5, 0.6) is 0 Å². The van der Waals surface area contributed by atoms with E-state index in [1.54, 1.807) is 12.4 Å². The Hall–Kier alpha value is -2.21. The molecule has 138 valence electrons. The number of halogens is 1. The van der Waals surface area contributed by atoms with Crippen LogP contribution in [0.3, 0.4) is 0 Å². The van der Waals surface area contributed by atoms with Crippen LogP contribution in [0, 0.1) is 0 Å². The van der Waals surface area contributed by atoms with Gasteiger partial charge in [0.15, 0.2) is 0 Å². The van der Waals surface area contributed by atoms with E-state index in [0.29, 0.717) is 11.6 Å². The molecular formula is C21H20ClN3OS. The van der Waals surface area contributed by atoms with Gasteiger partial charge in [-0.1, -0.05) is 23.7 Å². The van der Waals surface area contributed by atoms with Gasteiger partial charge in [-0.25, -0.2) is 0 Å². The number of hydrogen-bond donors (Lipinski definition) is 1. The summed E-state index contributed by atoms with van der Waals surface area (Å²) in [6, 6.07) is 14.1. The van der Waals surface area contributed by atoms with Crippen molar-refractivity contribution in [1.29, 1.82) is 0 Å². The predicted molar refractivity (Wildman–Crippen MR) is 110 cm³/mol. The Balaban J connectivity index is 1.96. The highest BCUT2D eigenvalue weighted by Gasteiger charge is 2.42. The van der Waals surface area contributed by atoms with Crippen molar-refractivity contribution >= 4 is 28.8 Å². The number of nitrogens with zero attached hydrogens (tertiary/aromatic N) is 2. The van der Waals surface area contributed by atoms with Crippen molar-refractivity contribution in [2.24, 2.45) is 0 Å². The Morgan fingerprint density at radius 1 is 1.15 bits per heavy atom. The first-order valence-electron chi connectivity index (χ1n) is 8.79. The van der Waals surface area contributed by atoms with Crippen LogP contribution in [0.1, 0.15) is 27.2 Å². The highest BCUT2D eigenvalue weighted by Crippen LogP contribution is 2.45. The van der Waals surface area contributed by atoms with Gasteiger partial charge in [0.25, 0.3) is 5.91 Å². The number of aromatic nitrogens is 1. The zero-order valence-electron chi connectivity index (χ0n) is 15.2. The van der Waals surface area contributed by atoms with Crippen LogP contribution in [-0.4, -0.2) is 36.4 Å². The molecule has 27 heavy (non-hydrogen) atoms. The molecule has 0 saturated heterocycles. The highest BCUT2D eigenvalue weighted by molar-refractivity contribution is 7.17. The van der Waals surface area contributed by atoms with E-state index in [1.807, 2.05) is 24.3 Å². The summed E-state index contributed by atoms with van der Waals surface area (Å²) >= 11 is 7.67. The normalized spacial score (nSPS) is 19.5. The summed E-state index contributed by atoms with van der Waals surface area (Å²) < 4.78 is 0. The number of carbonyl (C=O) groups excluding carboxylic acids is 1. The first-order valence-corrected chi connectivity index (χ1v) is 9.98. The van der Waals surface area contributed by atoms with Crippen molar-refractivity contribution in [3.8, 4) is 10.4 Å². The van der Waals surface area contributed by atoms with E-state index in [1.165, 1.54) is 11.3 Å². The van der Waals surface area contributed by atoms with Gasteiger partial charge in [0.1, 0.15) is 0 Å². The standard InChI is InChI=1S/C21H20ClN3OS/c1-25(2)21(15-3-5-16(22)6-4-15)9-12-24-20(26)19-17(21)13-18(27-19)14-7-10-23-11-8-14/h3-8,10-11,13H,9,12H2,1-2H3,(H,24,26). The van der Waals surface area contributed by atoms with Gasteiger partial charge in [0.05, 0.1) is 10.4 Å². The Kier molecular flexibility index (Phi) is 4.76. The van der Waals surface area contributed by atoms with Crippen molar-refractivity contribution in [3.63, 3.8) is 0 Å². The quantitative estimate of drug-likeness (QED) is 0.712. The van der Waals surface area contributed by atoms with E-state index in [9.17, 15) is 4.79 Å². The molecule has 0 radical (unpaired) electrons. The number of benzene rings is 1. The van der Waals surface area contributed by atoms with Crippen molar-refractivity contribution in [2.45, 2.75) is 12.0 Å². The Labute approximate surface area is 167 Å². The van der Waals surface area contributed by atoms with Gasteiger partial charge in [0, 0.05) is 34.4 Å². The number of amides is 1. The molecule has 1 N–H and O–H groups in total. The van der Waals surface area contributed by atoms with E-state index < -0.39 is 5.54 Å². The molecule has 3 aromatic rings. The molecule has 0 spiro atoms. The van der Waals surface area contributed by atoms with Crippen molar-refractivity contribution in [2.75, 3.05) is 20.6 Å². The average molecular weight is 398 g/mol. The molecule has 0 aliphatic carbocycles. The van der Waals surface area contributed by atoms with Crippen LogP contribution in [-0.2, 0) is 5.54 Å². The van der Waals surface area contributed by atoms with Gasteiger partial charge in [-0.3, -0.25) is 14.7 Å². The summed E-state index contributed by atoms with van der Waals surface area (Å²) in [5, 5.41) is 3.77. The molecule has 1 aliphatic rings. The summed E-state index contributed by atoms with van der Waals surface area (Å²) in [4.78, 5) is 20.9. The van der Waals surface area contributed by atoms with E-state index in [4.69, 9.17) is 11.6 Å². The van der Waals surface area contributed by atoms with Crippen LogP contribution in [0.15, 0.2) is 54.9 Å². The molecular weight excluding hydrogens is 378 g/mol. The molecule has 2 aromatic heterocycles. The fourth-order valence-electron chi connectivity index (χ4n) is 3.85. The average Bonchev–Trinajstić information content (AvgIpc) is 3.07. The van der Waals surface area contributed by atoms with Crippen molar-refractivity contribution in [1.82, 2.24) is 15.2 Å². The molecule has 1 aliphatic heterocycles. The summed E-state index contributed by atoms with van der Waals surface area (Å²) in [7, 11) is 4.13. The third kappa shape index (κ3) is 3.06. The molecule has 0 bridgehead atoms. The minimum atomic E-state index is -0.402. The molecule has 1 atom stereocenters. The van der Waals surface area contributed by atoms with Gasteiger partial charge in [0.2, 0.25) is 0 Å².